The van der Waals surface area contributed by atoms with Crippen LogP contribution in [0.2, 0.25) is 10.0 Å². The van der Waals surface area contributed by atoms with Crippen LogP contribution in [0, 0.1) is 0 Å². The molecule has 134 valence electrons. The third-order valence-electron chi connectivity index (χ3n) is 3.58. The van der Waals surface area contributed by atoms with Gasteiger partial charge < -0.3 is 4.74 Å². The summed E-state index contributed by atoms with van der Waals surface area (Å²) in [6, 6.07) is 12.2. The van der Waals surface area contributed by atoms with Crippen LogP contribution in [-0.4, -0.2) is 28.5 Å². The number of aromatic amines is 1. The Labute approximate surface area is 163 Å². The lowest BCUT2D eigenvalue weighted by molar-refractivity contribution is -0.142. The molecule has 0 aliphatic heterocycles. The van der Waals surface area contributed by atoms with Crippen molar-refractivity contribution in [1.29, 1.82) is 0 Å². The van der Waals surface area contributed by atoms with Gasteiger partial charge in [-0.3, -0.25) is 9.59 Å². The molecule has 26 heavy (non-hydrogen) atoms. The van der Waals surface area contributed by atoms with Crippen molar-refractivity contribution in [3.05, 3.63) is 68.6 Å². The summed E-state index contributed by atoms with van der Waals surface area (Å²) in [5.41, 5.74) is 0.197. The number of esters is 1. The molecule has 2 aromatic carbocycles. The van der Waals surface area contributed by atoms with Crippen molar-refractivity contribution < 1.29 is 9.53 Å². The molecule has 0 spiro atoms. The number of fused-ring (bicyclic) bond motifs is 1. The van der Waals surface area contributed by atoms with Crippen molar-refractivity contribution in [3.63, 3.8) is 0 Å². The van der Waals surface area contributed by atoms with Gasteiger partial charge >= 0.3 is 5.97 Å². The van der Waals surface area contributed by atoms with Gasteiger partial charge in [0.25, 0.3) is 5.56 Å². The second-order valence-corrected chi connectivity index (χ2v) is 7.35. The molecular formula is C18H14Cl2N2O3S. The maximum absolute atomic E-state index is 12.1. The van der Waals surface area contributed by atoms with E-state index in [1.807, 2.05) is 0 Å². The Bertz CT molecular complexity index is 1010. The van der Waals surface area contributed by atoms with Gasteiger partial charge in [-0.2, -0.15) is 5.10 Å². The van der Waals surface area contributed by atoms with E-state index in [-0.39, 0.29) is 18.6 Å². The van der Waals surface area contributed by atoms with E-state index in [0.29, 0.717) is 32.3 Å². The quantitative estimate of drug-likeness (QED) is 0.377. The highest BCUT2D eigenvalue weighted by atomic mass is 35.5. The Morgan fingerprint density at radius 3 is 2.73 bits per heavy atom. The van der Waals surface area contributed by atoms with E-state index in [4.69, 9.17) is 27.9 Å². The van der Waals surface area contributed by atoms with Crippen molar-refractivity contribution in [3.8, 4) is 0 Å². The van der Waals surface area contributed by atoms with E-state index in [2.05, 4.69) is 10.2 Å². The number of hydrogen-bond acceptors (Lipinski definition) is 5. The average Bonchev–Trinajstić information content (AvgIpc) is 2.64. The number of H-pyrrole nitrogens is 1. The lowest BCUT2D eigenvalue weighted by atomic mass is 10.1. The maximum atomic E-state index is 12.1. The smallest absolute Gasteiger partial charge is 0.311 e. The topological polar surface area (TPSA) is 72.0 Å². The number of benzene rings is 2. The Kier molecular flexibility index (Phi) is 6.19. The van der Waals surface area contributed by atoms with Crippen molar-refractivity contribution in [1.82, 2.24) is 10.2 Å². The van der Waals surface area contributed by atoms with Crippen molar-refractivity contribution >= 4 is 51.7 Å². The van der Waals surface area contributed by atoms with E-state index < -0.39 is 5.97 Å². The standard InChI is InChI=1S/C18H14Cl2N2O3S/c19-11-5-6-14(20)16(9-11)26-8-7-25-17(23)10-15-12-3-1-2-4-13(12)18(24)22-21-15/h1-6,9H,7-8,10H2,(H,22,24). The highest BCUT2D eigenvalue weighted by Crippen LogP contribution is 2.29. The zero-order chi connectivity index (χ0) is 18.5. The van der Waals surface area contributed by atoms with E-state index in [1.165, 1.54) is 11.8 Å². The minimum Gasteiger partial charge on any atom is -0.464 e. The molecule has 0 unspecified atom stereocenters. The fraction of sp³-hybridized carbons (Fsp3) is 0.167. The van der Waals surface area contributed by atoms with Gasteiger partial charge in [0, 0.05) is 21.1 Å². The van der Waals surface area contributed by atoms with Crippen LogP contribution in [0.1, 0.15) is 5.69 Å². The summed E-state index contributed by atoms with van der Waals surface area (Å²) in [4.78, 5) is 24.7. The lowest BCUT2D eigenvalue weighted by Gasteiger charge is -2.07. The van der Waals surface area contributed by atoms with Gasteiger partial charge in [-0.05, 0) is 24.3 Å². The van der Waals surface area contributed by atoms with Gasteiger partial charge in [-0.1, -0.05) is 41.4 Å². The number of rotatable bonds is 6. The molecule has 1 aromatic heterocycles. The minimum atomic E-state index is -0.410. The van der Waals surface area contributed by atoms with Gasteiger partial charge in [0.1, 0.15) is 6.61 Å². The fourth-order valence-electron chi connectivity index (χ4n) is 2.39. The zero-order valence-corrected chi connectivity index (χ0v) is 15.8. The SMILES string of the molecule is O=C(Cc1n[nH]c(=O)c2ccccc12)OCCSc1cc(Cl)ccc1Cl. The predicted octanol–water partition coefficient (Wildman–Crippen LogP) is 4.11. The molecule has 0 radical (unpaired) electrons. The molecule has 5 nitrogen and oxygen atoms in total. The second kappa shape index (κ2) is 8.58. The minimum absolute atomic E-state index is 0.0140. The number of thioether (sulfide) groups is 1. The number of aromatic nitrogens is 2. The lowest BCUT2D eigenvalue weighted by Crippen LogP contribution is -2.16. The number of hydrogen-bond donors (Lipinski definition) is 1. The molecule has 8 heteroatoms. The summed E-state index contributed by atoms with van der Waals surface area (Å²) < 4.78 is 5.25. The van der Waals surface area contributed by atoms with Crippen LogP contribution >= 0.6 is 35.0 Å². The Morgan fingerprint density at radius 2 is 1.92 bits per heavy atom. The molecule has 0 aliphatic carbocycles. The van der Waals surface area contributed by atoms with Crippen molar-refractivity contribution in [2.24, 2.45) is 0 Å². The van der Waals surface area contributed by atoms with E-state index in [1.54, 1.807) is 42.5 Å². The number of halogens is 2. The summed E-state index contributed by atoms with van der Waals surface area (Å²) in [5, 5.41) is 8.72. The van der Waals surface area contributed by atoms with Gasteiger partial charge in [-0.25, -0.2) is 5.10 Å². The van der Waals surface area contributed by atoms with Crippen LogP contribution in [0.4, 0.5) is 0 Å². The Hall–Kier alpha value is -2.02. The summed E-state index contributed by atoms with van der Waals surface area (Å²) >= 11 is 13.5. The number of nitrogens with one attached hydrogen (secondary N) is 1. The van der Waals surface area contributed by atoms with Crippen LogP contribution in [0.25, 0.3) is 10.8 Å². The number of nitrogens with zero attached hydrogens (tertiary/aromatic N) is 1. The van der Waals surface area contributed by atoms with Crippen molar-refractivity contribution in [2.45, 2.75) is 11.3 Å². The maximum Gasteiger partial charge on any atom is 0.311 e. The first-order valence-electron chi connectivity index (χ1n) is 7.74. The van der Waals surface area contributed by atoms with Gasteiger partial charge in [0.05, 0.1) is 22.5 Å². The van der Waals surface area contributed by atoms with Crippen LogP contribution in [-0.2, 0) is 16.0 Å². The number of carbonyl (C=O) groups is 1. The zero-order valence-electron chi connectivity index (χ0n) is 13.5. The molecule has 1 heterocycles. The van der Waals surface area contributed by atoms with E-state index in [9.17, 15) is 9.59 Å². The Morgan fingerprint density at radius 1 is 1.15 bits per heavy atom. The largest absolute Gasteiger partial charge is 0.464 e. The third-order valence-corrected chi connectivity index (χ3v) is 5.28. The molecule has 0 fully saturated rings. The number of ether oxygens (including phenoxy) is 1. The molecule has 1 N–H and O–H groups in total. The summed E-state index contributed by atoms with van der Waals surface area (Å²) in [6.07, 6.45) is -0.0140. The van der Waals surface area contributed by atoms with Gasteiger partial charge in [0.2, 0.25) is 0 Å². The average molecular weight is 409 g/mol. The van der Waals surface area contributed by atoms with Crippen LogP contribution in [0.3, 0.4) is 0 Å². The molecule has 0 atom stereocenters. The van der Waals surface area contributed by atoms with Crippen LogP contribution in [0.5, 0.6) is 0 Å². The third kappa shape index (κ3) is 4.58. The molecule has 3 rings (SSSR count). The monoisotopic (exact) mass is 408 g/mol. The Balaban J connectivity index is 1.56. The number of carbonyl (C=O) groups excluding carboxylic acids is 1. The van der Waals surface area contributed by atoms with Gasteiger partial charge in [-0.15, -0.1) is 11.8 Å². The van der Waals surface area contributed by atoms with E-state index in [0.717, 1.165) is 4.90 Å². The predicted molar refractivity (Wildman–Crippen MR) is 104 cm³/mol. The molecule has 0 saturated heterocycles. The van der Waals surface area contributed by atoms with Gasteiger partial charge in [0.15, 0.2) is 0 Å². The van der Waals surface area contributed by atoms with Crippen molar-refractivity contribution in [2.75, 3.05) is 12.4 Å². The molecule has 0 bridgehead atoms. The second-order valence-electron chi connectivity index (χ2n) is 5.37. The van der Waals surface area contributed by atoms with E-state index >= 15 is 0 Å². The molecular weight excluding hydrogens is 395 g/mol. The summed E-state index contributed by atoms with van der Waals surface area (Å²) in [6.45, 7) is 0.230. The molecule has 0 amide bonds. The molecule has 0 aliphatic rings. The molecule has 3 aromatic rings. The van der Waals surface area contributed by atoms with Crippen LogP contribution in [0.15, 0.2) is 52.2 Å². The first-order valence-corrected chi connectivity index (χ1v) is 9.48. The highest BCUT2D eigenvalue weighted by Gasteiger charge is 2.12. The first-order chi connectivity index (χ1) is 12.5. The molecule has 0 saturated carbocycles. The van der Waals surface area contributed by atoms with Crippen LogP contribution < -0.4 is 5.56 Å². The first kappa shape index (κ1) is 18.8. The summed E-state index contributed by atoms with van der Waals surface area (Å²) in [5.74, 6) is 0.137. The fourth-order valence-corrected chi connectivity index (χ4v) is 3.71. The summed E-state index contributed by atoms with van der Waals surface area (Å²) in [7, 11) is 0. The normalized spacial score (nSPS) is 10.8. The highest BCUT2D eigenvalue weighted by molar-refractivity contribution is 7.99.